The van der Waals surface area contributed by atoms with E-state index in [1.54, 1.807) is 0 Å². The third kappa shape index (κ3) is 2.10. The molecule has 66 valence electrons. The lowest BCUT2D eigenvalue weighted by molar-refractivity contribution is 0.677. The topological polar surface area (TPSA) is 0 Å². The van der Waals surface area contributed by atoms with Crippen LogP contribution in [0.1, 0.15) is 39.5 Å². The van der Waals surface area contributed by atoms with E-state index in [0.29, 0.717) is 0 Å². The highest BCUT2D eigenvalue weighted by Crippen LogP contribution is 2.29. The van der Waals surface area contributed by atoms with Gasteiger partial charge in [-0.15, -0.1) is 0 Å². The Morgan fingerprint density at radius 3 is 2.58 bits per heavy atom. The van der Waals surface area contributed by atoms with Crippen LogP contribution in [0.5, 0.6) is 0 Å². The zero-order valence-corrected chi connectivity index (χ0v) is 8.19. The second kappa shape index (κ2) is 4.30. The lowest BCUT2D eigenvalue weighted by atomic mass is 9.87. The summed E-state index contributed by atoms with van der Waals surface area (Å²) in [6.45, 7) is 8.36. The smallest absolute Gasteiger partial charge is 0.0274 e. The number of rotatable bonds is 1. The van der Waals surface area contributed by atoms with Crippen molar-refractivity contribution in [2.75, 3.05) is 0 Å². The highest BCUT2D eigenvalue weighted by Gasteiger charge is 2.10. The normalized spacial score (nSPS) is 23.3. The average Bonchev–Trinajstić information content (AvgIpc) is 2.05. The second-order valence-electron chi connectivity index (χ2n) is 3.47. The molecule has 0 heterocycles. The molecule has 1 aliphatic carbocycles. The molecule has 0 amide bonds. The molecule has 0 saturated heterocycles. The van der Waals surface area contributed by atoms with Crippen LogP contribution >= 0.6 is 0 Å². The van der Waals surface area contributed by atoms with Crippen molar-refractivity contribution < 1.29 is 0 Å². The Bertz CT molecular complexity index is 228. The SMILES string of the molecule is C=C1CCCC/C1=C(C)/C=C\C. The number of hydrogen-bond acceptors (Lipinski definition) is 0. The molecule has 0 heteroatoms. The molecule has 1 fully saturated rings. The van der Waals surface area contributed by atoms with Crippen molar-refractivity contribution >= 4 is 0 Å². The largest absolute Gasteiger partial charge is 0.0955 e. The Kier molecular flexibility index (Phi) is 3.33. The first-order chi connectivity index (χ1) is 5.75. The first-order valence-corrected chi connectivity index (χ1v) is 4.76. The van der Waals surface area contributed by atoms with Crippen LogP contribution in [-0.2, 0) is 0 Å². The van der Waals surface area contributed by atoms with Gasteiger partial charge in [0.25, 0.3) is 0 Å². The van der Waals surface area contributed by atoms with Crippen LogP contribution in [0.15, 0.2) is 35.5 Å². The van der Waals surface area contributed by atoms with Gasteiger partial charge in [0.15, 0.2) is 0 Å². The van der Waals surface area contributed by atoms with Crippen LogP contribution < -0.4 is 0 Å². The van der Waals surface area contributed by atoms with Gasteiger partial charge in [0.05, 0.1) is 0 Å². The van der Waals surface area contributed by atoms with Gasteiger partial charge in [-0.1, -0.05) is 24.3 Å². The first-order valence-electron chi connectivity index (χ1n) is 4.76. The maximum Gasteiger partial charge on any atom is -0.0274 e. The molecular weight excluding hydrogens is 144 g/mol. The molecule has 0 aromatic heterocycles. The van der Waals surface area contributed by atoms with Crippen molar-refractivity contribution in [1.82, 2.24) is 0 Å². The first kappa shape index (κ1) is 9.31. The fourth-order valence-corrected chi connectivity index (χ4v) is 1.79. The van der Waals surface area contributed by atoms with Gasteiger partial charge in [-0.05, 0) is 50.7 Å². The molecule has 0 bridgehead atoms. The van der Waals surface area contributed by atoms with Gasteiger partial charge in [0, 0.05) is 0 Å². The van der Waals surface area contributed by atoms with E-state index in [2.05, 4.69) is 32.6 Å². The lowest BCUT2D eigenvalue weighted by Crippen LogP contribution is -1.99. The maximum atomic E-state index is 4.11. The monoisotopic (exact) mass is 162 g/mol. The Morgan fingerprint density at radius 1 is 1.33 bits per heavy atom. The van der Waals surface area contributed by atoms with Gasteiger partial charge in [-0.2, -0.15) is 0 Å². The van der Waals surface area contributed by atoms with E-state index < -0.39 is 0 Å². The minimum atomic E-state index is 1.20. The van der Waals surface area contributed by atoms with Crippen molar-refractivity contribution in [3.8, 4) is 0 Å². The second-order valence-corrected chi connectivity index (χ2v) is 3.47. The Hall–Kier alpha value is -0.780. The molecule has 0 spiro atoms. The summed E-state index contributed by atoms with van der Waals surface area (Å²) in [7, 11) is 0. The van der Waals surface area contributed by atoms with Crippen LogP contribution in [0.2, 0.25) is 0 Å². The third-order valence-corrected chi connectivity index (χ3v) is 2.47. The van der Waals surface area contributed by atoms with Gasteiger partial charge in [-0.25, -0.2) is 0 Å². The fraction of sp³-hybridized carbons (Fsp3) is 0.500. The summed E-state index contributed by atoms with van der Waals surface area (Å²) in [5, 5.41) is 0. The van der Waals surface area contributed by atoms with Gasteiger partial charge in [0.2, 0.25) is 0 Å². The lowest BCUT2D eigenvalue weighted by Gasteiger charge is -2.18. The van der Waals surface area contributed by atoms with Crippen LogP contribution in [0.25, 0.3) is 0 Å². The Labute approximate surface area is 75.7 Å². The van der Waals surface area contributed by atoms with E-state index in [1.807, 2.05) is 0 Å². The Balaban J connectivity index is 2.82. The van der Waals surface area contributed by atoms with E-state index in [4.69, 9.17) is 0 Å². The molecule has 12 heavy (non-hydrogen) atoms. The summed E-state index contributed by atoms with van der Waals surface area (Å²) in [5.74, 6) is 0. The zero-order valence-electron chi connectivity index (χ0n) is 8.19. The van der Waals surface area contributed by atoms with E-state index in [1.165, 1.54) is 42.4 Å². The van der Waals surface area contributed by atoms with Crippen molar-refractivity contribution in [3.05, 3.63) is 35.5 Å². The fourth-order valence-electron chi connectivity index (χ4n) is 1.79. The van der Waals surface area contributed by atoms with Crippen molar-refractivity contribution in [2.24, 2.45) is 0 Å². The van der Waals surface area contributed by atoms with Crippen molar-refractivity contribution in [2.45, 2.75) is 39.5 Å². The summed E-state index contributed by atoms with van der Waals surface area (Å²) >= 11 is 0. The maximum absolute atomic E-state index is 4.11. The summed E-state index contributed by atoms with van der Waals surface area (Å²) in [6, 6.07) is 0. The zero-order chi connectivity index (χ0) is 8.97. The average molecular weight is 162 g/mol. The molecule has 0 atom stereocenters. The summed E-state index contributed by atoms with van der Waals surface area (Å²) in [6.07, 6.45) is 9.38. The van der Waals surface area contributed by atoms with E-state index in [0.717, 1.165) is 0 Å². The molecule has 1 saturated carbocycles. The van der Waals surface area contributed by atoms with E-state index >= 15 is 0 Å². The van der Waals surface area contributed by atoms with Gasteiger partial charge < -0.3 is 0 Å². The molecule has 0 radical (unpaired) electrons. The predicted molar refractivity (Wildman–Crippen MR) is 55.1 cm³/mol. The molecule has 0 aliphatic heterocycles. The van der Waals surface area contributed by atoms with Crippen molar-refractivity contribution in [1.29, 1.82) is 0 Å². The highest BCUT2D eigenvalue weighted by atomic mass is 14.2. The minimum Gasteiger partial charge on any atom is -0.0955 e. The molecule has 1 aliphatic rings. The third-order valence-electron chi connectivity index (χ3n) is 2.47. The van der Waals surface area contributed by atoms with Crippen molar-refractivity contribution in [3.63, 3.8) is 0 Å². The molecule has 0 aromatic carbocycles. The standard InChI is InChI=1S/C12H18/c1-4-7-10(2)12-9-6-5-8-11(12)3/h4,7H,3,5-6,8-9H2,1-2H3/b7-4-,12-10-. The van der Waals surface area contributed by atoms with Crippen LogP contribution in [-0.4, -0.2) is 0 Å². The van der Waals surface area contributed by atoms with Crippen LogP contribution in [0.3, 0.4) is 0 Å². The quantitative estimate of drug-likeness (QED) is 0.546. The van der Waals surface area contributed by atoms with E-state index in [9.17, 15) is 0 Å². The molecule has 1 rings (SSSR count). The number of allylic oxidation sites excluding steroid dienone is 5. The highest BCUT2D eigenvalue weighted by molar-refractivity contribution is 5.38. The van der Waals surface area contributed by atoms with Gasteiger partial charge in [0.1, 0.15) is 0 Å². The van der Waals surface area contributed by atoms with E-state index in [-0.39, 0.29) is 0 Å². The van der Waals surface area contributed by atoms with Gasteiger partial charge in [-0.3, -0.25) is 0 Å². The molecule has 0 unspecified atom stereocenters. The number of hydrogen-bond donors (Lipinski definition) is 0. The molecular formula is C12H18. The summed E-state index contributed by atoms with van der Waals surface area (Å²) < 4.78 is 0. The molecule has 0 N–H and O–H groups in total. The van der Waals surface area contributed by atoms with Crippen LogP contribution in [0.4, 0.5) is 0 Å². The Morgan fingerprint density at radius 2 is 2.00 bits per heavy atom. The molecule has 0 aromatic rings. The summed E-state index contributed by atoms with van der Waals surface area (Å²) in [5.41, 5.74) is 4.26. The predicted octanol–water partition coefficient (Wildman–Crippen LogP) is 4.01. The van der Waals surface area contributed by atoms with Gasteiger partial charge >= 0.3 is 0 Å². The summed E-state index contributed by atoms with van der Waals surface area (Å²) in [4.78, 5) is 0. The van der Waals surface area contributed by atoms with Crippen LogP contribution in [0, 0.1) is 0 Å². The molecule has 0 nitrogen and oxygen atoms in total. The minimum absolute atomic E-state index is 1.20.